The number of rotatable bonds is 5. The summed E-state index contributed by atoms with van der Waals surface area (Å²) in [6, 6.07) is 8.12. The van der Waals surface area contributed by atoms with Crippen LogP contribution in [-0.4, -0.2) is 35.5 Å². The molecule has 6 nitrogen and oxygen atoms in total. The number of carbonyl (C=O) groups is 1. The van der Waals surface area contributed by atoms with E-state index in [4.69, 9.17) is 4.98 Å². The Morgan fingerprint density at radius 3 is 3.03 bits per heavy atom. The first-order valence-electron chi connectivity index (χ1n) is 9.79. The Bertz CT molecular complexity index is 1120. The summed E-state index contributed by atoms with van der Waals surface area (Å²) in [6.07, 6.45) is 3.39. The van der Waals surface area contributed by atoms with Gasteiger partial charge in [0.05, 0.1) is 11.4 Å². The molecule has 0 aliphatic carbocycles. The molecular formula is C22H24N4O2S. The van der Waals surface area contributed by atoms with Crippen molar-refractivity contribution in [3.63, 3.8) is 0 Å². The highest BCUT2D eigenvalue weighted by atomic mass is 32.1. The zero-order chi connectivity index (χ0) is 20.4. The van der Waals surface area contributed by atoms with Gasteiger partial charge < -0.3 is 10.2 Å². The van der Waals surface area contributed by atoms with E-state index < -0.39 is 0 Å². The molecule has 1 aliphatic heterocycles. The lowest BCUT2D eigenvalue weighted by atomic mass is 9.97. The molecule has 150 valence electrons. The molecule has 3 aromatic rings. The van der Waals surface area contributed by atoms with Crippen LogP contribution in [0.4, 0.5) is 5.95 Å². The standard InChI is InChI=1S/C22H24N4O2S/c1-3-10-23-20(27)15-8-6-11-26(12-15)22-24-18-17(13-29-19(18)21(28)25-22)16-9-5-4-7-14(16)2/h3-5,7,9,13,15H,1,6,8,10-12H2,2H3,(H,23,27)(H,24,25,28)/t15-/m1/s1. The van der Waals surface area contributed by atoms with Gasteiger partial charge in [-0.3, -0.25) is 14.6 Å². The average Bonchev–Trinajstić information content (AvgIpc) is 3.17. The van der Waals surface area contributed by atoms with Crippen LogP contribution in [0.15, 0.2) is 47.1 Å². The fourth-order valence-corrected chi connectivity index (χ4v) is 4.73. The Hall–Kier alpha value is -2.93. The summed E-state index contributed by atoms with van der Waals surface area (Å²) in [4.78, 5) is 34.9. The molecule has 4 rings (SSSR count). The average molecular weight is 409 g/mol. The maximum atomic E-state index is 12.7. The SMILES string of the molecule is C=CCNC(=O)[C@@H]1CCCN(c2nc3c(-c4ccccc4C)csc3c(=O)[nH]2)C1. The molecule has 29 heavy (non-hydrogen) atoms. The summed E-state index contributed by atoms with van der Waals surface area (Å²) in [5, 5.41) is 4.87. The second kappa shape index (κ2) is 8.21. The van der Waals surface area contributed by atoms with E-state index in [-0.39, 0.29) is 17.4 Å². The number of fused-ring (bicyclic) bond motifs is 1. The van der Waals surface area contributed by atoms with E-state index in [1.54, 1.807) is 6.08 Å². The molecule has 1 aliphatic rings. The summed E-state index contributed by atoms with van der Waals surface area (Å²) >= 11 is 1.42. The largest absolute Gasteiger partial charge is 0.352 e. The molecule has 0 unspecified atom stereocenters. The van der Waals surface area contributed by atoms with Gasteiger partial charge in [-0.15, -0.1) is 17.9 Å². The lowest BCUT2D eigenvalue weighted by Gasteiger charge is -2.32. The lowest BCUT2D eigenvalue weighted by Crippen LogP contribution is -2.44. The number of nitrogens with one attached hydrogen (secondary N) is 2. The summed E-state index contributed by atoms with van der Waals surface area (Å²) < 4.78 is 0.629. The second-order valence-electron chi connectivity index (χ2n) is 7.35. The van der Waals surface area contributed by atoms with Crippen LogP contribution in [0.1, 0.15) is 18.4 Å². The molecule has 3 heterocycles. The number of benzene rings is 1. The Morgan fingerprint density at radius 1 is 1.41 bits per heavy atom. The van der Waals surface area contributed by atoms with Gasteiger partial charge in [0.1, 0.15) is 4.70 Å². The van der Waals surface area contributed by atoms with Gasteiger partial charge in [-0.25, -0.2) is 4.98 Å². The molecule has 0 spiro atoms. The van der Waals surface area contributed by atoms with Crippen molar-refractivity contribution in [2.75, 3.05) is 24.5 Å². The molecule has 0 bridgehead atoms. The van der Waals surface area contributed by atoms with Gasteiger partial charge in [0.2, 0.25) is 11.9 Å². The maximum absolute atomic E-state index is 12.7. The molecule has 7 heteroatoms. The minimum atomic E-state index is -0.131. The van der Waals surface area contributed by atoms with Crippen LogP contribution in [0.2, 0.25) is 0 Å². The highest BCUT2D eigenvalue weighted by Crippen LogP contribution is 2.33. The van der Waals surface area contributed by atoms with Crippen LogP contribution in [0.25, 0.3) is 21.3 Å². The van der Waals surface area contributed by atoms with Gasteiger partial charge in [-0.2, -0.15) is 0 Å². The van der Waals surface area contributed by atoms with Crippen LogP contribution in [0, 0.1) is 12.8 Å². The number of anilines is 1. The van der Waals surface area contributed by atoms with Crippen molar-refractivity contribution in [1.29, 1.82) is 0 Å². The third-order valence-corrected chi connectivity index (χ3v) is 6.33. The fourth-order valence-electron chi connectivity index (χ4n) is 3.83. The van der Waals surface area contributed by atoms with E-state index in [1.165, 1.54) is 11.3 Å². The number of aromatic amines is 1. The van der Waals surface area contributed by atoms with Crippen LogP contribution in [-0.2, 0) is 4.79 Å². The lowest BCUT2D eigenvalue weighted by molar-refractivity contribution is -0.125. The molecular weight excluding hydrogens is 384 g/mol. The highest BCUT2D eigenvalue weighted by molar-refractivity contribution is 7.17. The number of piperidine rings is 1. The summed E-state index contributed by atoms with van der Waals surface area (Å²) in [5.74, 6) is 0.439. The van der Waals surface area contributed by atoms with Crippen molar-refractivity contribution in [3.05, 3.63) is 58.2 Å². The number of aromatic nitrogens is 2. The van der Waals surface area contributed by atoms with Crippen LogP contribution in [0.3, 0.4) is 0 Å². The molecule has 1 aromatic carbocycles. The predicted molar refractivity (Wildman–Crippen MR) is 119 cm³/mol. The number of nitrogens with zero attached hydrogens (tertiary/aromatic N) is 2. The van der Waals surface area contributed by atoms with Crippen molar-refractivity contribution in [1.82, 2.24) is 15.3 Å². The fraction of sp³-hybridized carbons (Fsp3) is 0.318. The first kappa shape index (κ1) is 19.4. The van der Waals surface area contributed by atoms with Crippen LogP contribution < -0.4 is 15.8 Å². The molecule has 0 radical (unpaired) electrons. The number of hydrogen-bond donors (Lipinski definition) is 2. The van der Waals surface area contributed by atoms with Gasteiger partial charge in [-0.1, -0.05) is 30.3 Å². The van der Waals surface area contributed by atoms with Crippen molar-refractivity contribution in [3.8, 4) is 11.1 Å². The number of amides is 1. The molecule has 1 saturated heterocycles. The van der Waals surface area contributed by atoms with Crippen molar-refractivity contribution in [2.45, 2.75) is 19.8 Å². The van der Waals surface area contributed by atoms with Crippen molar-refractivity contribution < 1.29 is 4.79 Å². The van der Waals surface area contributed by atoms with Gasteiger partial charge >= 0.3 is 0 Å². The number of carbonyl (C=O) groups excluding carboxylic acids is 1. The third-order valence-electron chi connectivity index (χ3n) is 5.36. The van der Waals surface area contributed by atoms with Crippen molar-refractivity contribution >= 4 is 33.4 Å². The Morgan fingerprint density at radius 2 is 2.24 bits per heavy atom. The normalized spacial score (nSPS) is 16.7. The van der Waals surface area contributed by atoms with E-state index in [9.17, 15) is 9.59 Å². The highest BCUT2D eigenvalue weighted by Gasteiger charge is 2.27. The van der Waals surface area contributed by atoms with E-state index in [1.807, 2.05) is 22.4 Å². The molecule has 1 amide bonds. The predicted octanol–water partition coefficient (Wildman–Crippen LogP) is 3.48. The summed E-state index contributed by atoms with van der Waals surface area (Å²) in [7, 11) is 0. The minimum absolute atomic E-state index is 0.0224. The number of aryl methyl sites for hydroxylation is 1. The quantitative estimate of drug-likeness (QED) is 0.634. The Labute approximate surface area is 173 Å². The second-order valence-corrected chi connectivity index (χ2v) is 8.23. The first-order chi connectivity index (χ1) is 14.1. The van der Waals surface area contributed by atoms with Crippen LogP contribution in [0.5, 0.6) is 0 Å². The maximum Gasteiger partial charge on any atom is 0.270 e. The smallest absolute Gasteiger partial charge is 0.270 e. The molecule has 1 fully saturated rings. The van der Waals surface area contributed by atoms with E-state index in [0.29, 0.717) is 23.7 Å². The first-order valence-corrected chi connectivity index (χ1v) is 10.7. The molecule has 0 saturated carbocycles. The van der Waals surface area contributed by atoms with E-state index in [2.05, 4.69) is 35.9 Å². The Kier molecular flexibility index (Phi) is 5.49. The minimum Gasteiger partial charge on any atom is -0.352 e. The number of thiophene rings is 1. The van der Waals surface area contributed by atoms with Gasteiger partial charge in [0, 0.05) is 30.6 Å². The monoisotopic (exact) mass is 408 g/mol. The molecule has 2 aromatic heterocycles. The Balaban J connectivity index is 1.69. The number of hydrogen-bond acceptors (Lipinski definition) is 5. The summed E-state index contributed by atoms with van der Waals surface area (Å²) in [5.41, 5.74) is 3.80. The van der Waals surface area contributed by atoms with Crippen molar-refractivity contribution in [2.24, 2.45) is 5.92 Å². The topological polar surface area (TPSA) is 78.1 Å². The van der Waals surface area contributed by atoms with Crippen LogP contribution >= 0.6 is 11.3 Å². The zero-order valence-corrected chi connectivity index (χ0v) is 17.2. The third kappa shape index (κ3) is 3.82. The number of H-pyrrole nitrogens is 1. The van der Waals surface area contributed by atoms with Gasteiger partial charge in [-0.05, 0) is 30.9 Å². The zero-order valence-electron chi connectivity index (χ0n) is 16.4. The molecule has 1 atom stereocenters. The van der Waals surface area contributed by atoms with Gasteiger partial charge in [0.15, 0.2) is 0 Å². The van der Waals surface area contributed by atoms with Gasteiger partial charge in [0.25, 0.3) is 5.56 Å². The van der Waals surface area contributed by atoms with E-state index in [0.717, 1.165) is 41.6 Å². The van der Waals surface area contributed by atoms with E-state index >= 15 is 0 Å². The molecule has 2 N–H and O–H groups in total. The summed E-state index contributed by atoms with van der Waals surface area (Å²) in [6.45, 7) is 7.47.